The molecule has 1 aliphatic carbocycles. The lowest BCUT2D eigenvalue weighted by Gasteiger charge is -2.46. The molecule has 0 radical (unpaired) electrons. The summed E-state index contributed by atoms with van der Waals surface area (Å²) in [6, 6.07) is 3.46. The van der Waals surface area contributed by atoms with Gasteiger partial charge in [0.25, 0.3) is 0 Å². The number of nitrogens with zero attached hydrogens (tertiary/aromatic N) is 2. The minimum atomic E-state index is -0.982. The van der Waals surface area contributed by atoms with Gasteiger partial charge >= 0.3 is 0 Å². The van der Waals surface area contributed by atoms with E-state index in [9.17, 15) is 4.39 Å². The average molecular weight is 242 g/mol. The van der Waals surface area contributed by atoms with Gasteiger partial charge < -0.3 is 10.6 Å². The Morgan fingerprint density at radius 3 is 2.69 bits per heavy atom. The molecule has 16 heavy (non-hydrogen) atoms. The molecule has 2 N–H and O–H groups in total. The average Bonchev–Trinajstić information content (AvgIpc) is 2.94. The Hall–Kier alpha value is -1.03. The number of anilines is 2. The Balaban J connectivity index is 1.75. The van der Waals surface area contributed by atoms with Gasteiger partial charge in [0.05, 0.1) is 13.1 Å². The molecule has 0 spiro atoms. The molecule has 2 fully saturated rings. The molecule has 2 heterocycles. The van der Waals surface area contributed by atoms with E-state index < -0.39 is 5.67 Å². The van der Waals surface area contributed by atoms with Crippen LogP contribution in [0.25, 0.3) is 0 Å². The maximum absolute atomic E-state index is 14.1. The summed E-state index contributed by atoms with van der Waals surface area (Å²) >= 11 is 5.81. The minimum Gasteiger partial charge on any atom is -0.384 e. The fourth-order valence-corrected chi connectivity index (χ4v) is 2.52. The Kier molecular flexibility index (Phi) is 2.05. The van der Waals surface area contributed by atoms with Crippen LogP contribution in [0.15, 0.2) is 12.1 Å². The smallest absolute Gasteiger partial charge is 0.148 e. The predicted octanol–water partition coefficient (Wildman–Crippen LogP) is 2.26. The Morgan fingerprint density at radius 1 is 1.44 bits per heavy atom. The lowest BCUT2D eigenvalue weighted by Crippen LogP contribution is -2.60. The van der Waals surface area contributed by atoms with Crippen LogP contribution in [-0.4, -0.2) is 23.7 Å². The Morgan fingerprint density at radius 2 is 2.12 bits per heavy atom. The third-order valence-electron chi connectivity index (χ3n) is 3.38. The topological polar surface area (TPSA) is 42.1 Å². The van der Waals surface area contributed by atoms with Gasteiger partial charge in [-0.3, -0.25) is 0 Å². The molecule has 1 aliphatic heterocycles. The van der Waals surface area contributed by atoms with Gasteiger partial charge in [-0.05, 0) is 24.8 Å². The normalized spacial score (nSPS) is 23.0. The van der Waals surface area contributed by atoms with Gasteiger partial charge in [0.1, 0.15) is 16.6 Å². The van der Waals surface area contributed by atoms with E-state index >= 15 is 0 Å². The van der Waals surface area contributed by atoms with Crippen molar-refractivity contribution < 1.29 is 4.39 Å². The first-order valence-corrected chi connectivity index (χ1v) is 5.81. The van der Waals surface area contributed by atoms with Crippen LogP contribution >= 0.6 is 11.6 Å². The summed E-state index contributed by atoms with van der Waals surface area (Å²) in [6.07, 6.45) is 2.06. The maximum Gasteiger partial charge on any atom is 0.148 e. The van der Waals surface area contributed by atoms with E-state index in [4.69, 9.17) is 17.3 Å². The zero-order chi connectivity index (χ0) is 11.3. The maximum atomic E-state index is 14.1. The molecule has 1 aromatic rings. The number of halogens is 2. The zero-order valence-electron chi connectivity index (χ0n) is 8.79. The van der Waals surface area contributed by atoms with E-state index in [2.05, 4.69) is 4.98 Å². The zero-order valence-corrected chi connectivity index (χ0v) is 9.54. The first kappa shape index (κ1) is 10.1. The summed E-state index contributed by atoms with van der Waals surface area (Å²) in [5.74, 6) is 0.656. The first-order chi connectivity index (χ1) is 7.57. The van der Waals surface area contributed by atoms with E-state index in [1.54, 1.807) is 12.1 Å². The van der Waals surface area contributed by atoms with Gasteiger partial charge in [-0.15, -0.1) is 0 Å². The summed E-state index contributed by atoms with van der Waals surface area (Å²) < 4.78 is 14.1. The molecule has 0 unspecified atom stereocenters. The Labute approximate surface area is 98.4 Å². The van der Waals surface area contributed by atoms with Crippen LogP contribution in [0, 0.1) is 5.92 Å². The molecule has 3 rings (SSSR count). The third-order valence-corrected chi connectivity index (χ3v) is 3.57. The highest BCUT2D eigenvalue weighted by Crippen LogP contribution is 2.48. The van der Waals surface area contributed by atoms with Crippen LogP contribution in [0.1, 0.15) is 12.8 Å². The van der Waals surface area contributed by atoms with Crippen LogP contribution in [0.2, 0.25) is 5.15 Å². The fourth-order valence-electron chi connectivity index (χ4n) is 2.32. The van der Waals surface area contributed by atoms with Crippen molar-refractivity contribution in [3.8, 4) is 0 Å². The summed E-state index contributed by atoms with van der Waals surface area (Å²) in [7, 11) is 0. The lowest BCUT2D eigenvalue weighted by atomic mass is 9.90. The largest absolute Gasteiger partial charge is 0.384 e. The van der Waals surface area contributed by atoms with Crippen molar-refractivity contribution in [2.24, 2.45) is 5.92 Å². The fraction of sp³-hybridized carbons (Fsp3) is 0.545. The minimum absolute atomic E-state index is 0.276. The molecule has 0 atom stereocenters. The standard InChI is InChI=1S/C11H13ClFN3/c12-9-3-8(4-10(14)15-9)16-5-11(13,6-16)7-1-2-7/h3-4,7H,1-2,5-6H2,(H2,14,15). The van der Waals surface area contributed by atoms with E-state index in [0.29, 0.717) is 24.1 Å². The first-order valence-electron chi connectivity index (χ1n) is 5.44. The van der Waals surface area contributed by atoms with E-state index in [1.165, 1.54) is 0 Å². The van der Waals surface area contributed by atoms with Gasteiger partial charge in [0, 0.05) is 11.8 Å². The van der Waals surface area contributed by atoms with Gasteiger partial charge in [-0.25, -0.2) is 9.37 Å². The molecule has 5 heteroatoms. The quantitative estimate of drug-likeness (QED) is 0.808. The van der Waals surface area contributed by atoms with Crippen molar-refractivity contribution in [3.05, 3.63) is 17.3 Å². The highest BCUT2D eigenvalue weighted by molar-refractivity contribution is 6.29. The summed E-state index contributed by atoms with van der Waals surface area (Å²) in [5.41, 5.74) is 5.49. The van der Waals surface area contributed by atoms with Crippen molar-refractivity contribution in [1.82, 2.24) is 4.98 Å². The van der Waals surface area contributed by atoms with Crippen LogP contribution in [0.3, 0.4) is 0 Å². The second kappa shape index (κ2) is 3.23. The highest BCUT2D eigenvalue weighted by atomic mass is 35.5. The van der Waals surface area contributed by atoms with E-state index in [-0.39, 0.29) is 5.92 Å². The molecule has 0 amide bonds. The third kappa shape index (κ3) is 1.61. The second-order valence-corrected chi connectivity index (χ2v) is 5.13. The number of hydrogen-bond donors (Lipinski definition) is 1. The summed E-state index contributed by atoms with van der Waals surface area (Å²) in [5, 5.41) is 0.359. The molecule has 0 bridgehead atoms. The van der Waals surface area contributed by atoms with Crippen LogP contribution in [-0.2, 0) is 0 Å². The van der Waals surface area contributed by atoms with Crippen molar-refractivity contribution in [3.63, 3.8) is 0 Å². The van der Waals surface area contributed by atoms with Crippen molar-refractivity contribution in [2.45, 2.75) is 18.5 Å². The molecule has 86 valence electrons. The number of nitrogens with two attached hydrogens (primary N) is 1. The van der Waals surface area contributed by atoms with Crippen LogP contribution < -0.4 is 10.6 Å². The molecule has 1 saturated carbocycles. The molecule has 1 aromatic heterocycles. The number of pyridine rings is 1. The summed E-state index contributed by atoms with van der Waals surface area (Å²) in [4.78, 5) is 5.84. The van der Waals surface area contributed by atoms with Gasteiger partial charge in [-0.2, -0.15) is 0 Å². The summed E-state index contributed by atoms with van der Waals surface area (Å²) in [6.45, 7) is 0.912. The second-order valence-electron chi connectivity index (χ2n) is 4.74. The molecular weight excluding hydrogens is 229 g/mol. The Bertz CT molecular complexity index is 407. The molecule has 3 nitrogen and oxygen atoms in total. The molecule has 1 saturated heterocycles. The lowest BCUT2D eigenvalue weighted by molar-refractivity contribution is 0.0932. The van der Waals surface area contributed by atoms with E-state index in [0.717, 1.165) is 18.5 Å². The van der Waals surface area contributed by atoms with Crippen molar-refractivity contribution in [2.75, 3.05) is 23.7 Å². The SMILES string of the molecule is Nc1cc(N2CC(F)(C3CC3)C2)cc(Cl)n1. The number of alkyl halides is 1. The van der Waals surface area contributed by atoms with Gasteiger partial charge in [-0.1, -0.05) is 11.6 Å². The molecular formula is C11H13ClFN3. The predicted molar refractivity (Wildman–Crippen MR) is 62.4 cm³/mol. The molecule has 0 aromatic carbocycles. The van der Waals surface area contributed by atoms with Gasteiger partial charge in [0.2, 0.25) is 0 Å². The van der Waals surface area contributed by atoms with Crippen molar-refractivity contribution in [1.29, 1.82) is 0 Å². The van der Waals surface area contributed by atoms with Crippen LogP contribution in [0.5, 0.6) is 0 Å². The number of nitrogen functional groups attached to an aromatic ring is 1. The van der Waals surface area contributed by atoms with E-state index in [1.807, 2.05) is 4.90 Å². The highest BCUT2D eigenvalue weighted by Gasteiger charge is 2.54. The van der Waals surface area contributed by atoms with Crippen molar-refractivity contribution >= 4 is 23.1 Å². The number of rotatable bonds is 2. The number of aromatic nitrogens is 1. The monoisotopic (exact) mass is 241 g/mol. The van der Waals surface area contributed by atoms with Crippen LogP contribution in [0.4, 0.5) is 15.9 Å². The van der Waals surface area contributed by atoms with Gasteiger partial charge in [0.15, 0.2) is 0 Å². The number of hydrogen-bond acceptors (Lipinski definition) is 3. The molecule has 2 aliphatic rings.